The van der Waals surface area contributed by atoms with Gasteiger partial charge in [0.25, 0.3) is 0 Å². The van der Waals surface area contributed by atoms with E-state index in [-0.39, 0.29) is 5.91 Å². The maximum atomic E-state index is 10.8. The van der Waals surface area contributed by atoms with E-state index in [1.807, 2.05) is 25.1 Å². The third kappa shape index (κ3) is 2.61. The fraction of sp³-hybridized carbons (Fsp3) is 0.308. The number of aryl methyl sites for hydroxylation is 1. The topological polar surface area (TPSA) is 44.9 Å². The van der Waals surface area contributed by atoms with Crippen molar-refractivity contribution in [3.63, 3.8) is 0 Å². The highest BCUT2D eigenvalue weighted by atomic mass is 35.5. The number of halogens is 1. The zero-order valence-corrected chi connectivity index (χ0v) is 10.7. The van der Waals surface area contributed by atoms with E-state index in [2.05, 4.69) is 10.3 Å². The third-order valence-corrected chi connectivity index (χ3v) is 3.07. The number of carbonyl (C=O) groups is 1. The van der Waals surface area contributed by atoms with Crippen LogP contribution in [0, 0.1) is 6.92 Å². The highest BCUT2D eigenvalue weighted by Gasteiger charge is 2.08. The first-order chi connectivity index (χ1) is 8.08. The standard InChI is InChI=1S/C13H15ClN2O/c1-8-11(5-6-15-9(2)17)12-7-10(14)3-4-13(12)16-8/h3-4,7,16H,5-6H2,1-2H3,(H,15,17). The van der Waals surface area contributed by atoms with Gasteiger partial charge in [0.2, 0.25) is 5.91 Å². The maximum Gasteiger partial charge on any atom is 0.216 e. The first-order valence-electron chi connectivity index (χ1n) is 5.59. The fourth-order valence-corrected chi connectivity index (χ4v) is 2.21. The van der Waals surface area contributed by atoms with E-state index < -0.39 is 0 Å². The maximum absolute atomic E-state index is 10.8. The zero-order chi connectivity index (χ0) is 12.4. The second kappa shape index (κ2) is 4.80. The van der Waals surface area contributed by atoms with E-state index >= 15 is 0 Å². The summed E-state index contributed by atoms with van der Waals surface area (Å²) in [5.41, 5.74) is 3.44. The summed E-state index contributed by atoms with van der Waals surface area (Å²) in [4.78, 5) is 14.2. The van der Waals surface area contributed by atoms with Crippen LogP contribution in [0.1, 0.15) is 18.2 Å². The van der Waals surface area contributed by atoms with Crippen LogP contribution < -0.4 is 5.32 Å². The van der Waals surface area contributed by atoms with Crippen LogP contribution in [0.25, 0.3) is 10.9 Å². The van der Waals surface area contributed by atoms with E-state index in [9.17, 15) is 4.79 Å². The molecule has 0 aliphatic carbocycles. The summed E-state index contributed by atoms with van der Waals surface area (Å²) < 4.78 is 0. The Morgan fingerprint density at radius 3 is 2.94 bits per heavy atom. The summed E-state index contributed by atoms with van der Waals surface area (Å²) in [7, 11) is 0. The van der Waals surface area contributed by atoms with Crippen molar-refractivity contribution in [2.75, 3.05) is 6.54 Å². The van der Waals surface area contributed by atoms with Crippen LogP contribution in [-0.4, -0.2) is 17.4 Å². The minimum absolute atomic E-state index is 0.000488. The molecule has 1 amide bonds. The van der Waals surface area contributed by atoms with Gasteiger partial charge in [-0.1, -0.05) is 11.6 Å². The van der Waals surface area contributed by atoms with E-state index in [4.69, 9.17) is 11.6 Å². The number of hydrogen-bond acceptors (Lipinski definition) is 1. The quantitative estimate of drug-likeness (QED) is 0.865. The lowest BCUT2D eigenvalue weighted by molar-refractivity contribution is -0.118. The molecule has 1 heterocycles. The number of aromatic nitrogens is 1. The minimum atomic E-state index is 0.000488. The van der Waals surface area contributed by atoms with Crippen molar-refractivity contribution in [1.29, 1.82) is 0 Å². The molecule has 2 N–H and O–H groups in total. The van der Waals surface area contributed by atoms with Gasteiger partial charge in [0.15, 0.2) is 0 Å². The molecule has 0 saturated carbocycles. The molecule has 17 heavy (non-hydrogen) atoms. The number of aromatic amines is 1. The lowest BCUT2D eigenvalue weighted by Crippen LogP contribution is -2.22. The van der Waals surface area contributed by atoms with Gasteiger partial charge in [-0.2, -0.15) is 0 Å². The summed E-state index contributed by atoms with van der Waals surface area (Å²) in [6, 6.07) is 5.81. The predicted molar refractivity (Wildman–Crippen MR) is 70.4 cm³/mol. The Morgan fingerprint density at radius 1 is 1.47 bits per heavy atom. The highest BCUT2D eigenvalue weighted by Crippen LogP contribution is 2.25. The predicted octanol–water partition coefficient (Wildman–Crippen LogP) is 2.81. The number of H-pyrrole nitrogens is 1. The van der Waals surface area contributed by atoms with Gasteiger partial charge < -0.3 is 10.3 Å². The molecule has 3 nitrogen and oxygen atoms in total. The molecule has 0 spiro atoms. The largest absolute Gasteiger partial charge is 0.358 e. The Bertz CT molecular complexity index is 560. The number of benzene rings is 1. The molecule has 0 bridgehead atoms. The molecule has 2 aromatic rings. The molecular formula is C13H15ClN2O. The van der Waals surface area contributed by atoms with Crippen LogP contribution >= 0.6 is 11.6 Å². The molecule has 1 aromatic carbocycles. The SMILES string of the molecule is CC(=O)NCCc1c(C)[nH]c2ccc(Cl)cc12. The molecule has 0 unspecified atom stereocenters. The Hall–Kier alpha value is -1.48. The van der Waals surface area contributed by atoms with E-state index in [0.29, 0.717) is 6.54 Å². The molecule has 0 atom stereocenters. The monoisotopic (exact) mass is 250 g/mol. The van der Waals surface area contributed by atoms with Crippen LogP contribution in [0.4, 0.5) is 0 Å². The number of nitrogens with one attached hydrogen (secondary N) is 2. The van der Waals surface area contributed by atoms with Crippen molar-refractivity contribution in [3.05, 3.63) is 34.5 Å². The molecule has 4 heteroatoms. The summed E-state index contributed by atoms with van der Waals surface area (Å²) >= 11 is 6.00. The Labute approximate surface area is 105 Å². The fourth-order valence-electron chi connectivity index (χ4n) is 2.04. The normalized spacial score (nSPS) is 10.8. The molecule has 0 aliphatic heterocycles. The average Bonchev–Trinajstić information content (AvgIpc) is 2.55. The van der Waals surface area contributed by atoms with Crippen LogP contribution in [0.5, 0.6) is 0 Å². The van der Waals surface area contributed by atoms with Gasteiger partial charge in [0.1, 0.15) is 0 Å². The van der Waals surface area contributed by atoms with Gasteiger partial charge in [-0.3, -0.25) is 4.79 Å². The Balaban J connectivity index is 2.28. The number of hydrogen-bond donors (Lipinski definition) is 2. The average molecular weight is 251 g/mol. The Kier molecular flexibility index (Phi) is 3.38. The van der Waals surface area contributed by atoms with Gasteiger partial charge >= 0.3 is 0 Å². The molecule has 0 saturated heterocycles. The number of amides is 1. The summed E-state index contributed by atoms with van der Waals surface area (Å²) in [6.45, 7) is 4.21. The lowest BCUT2D eigenvalue weighted by atomic mass is 10.1. The molecule has 1 aromatic heterocycles. The van der Waals surface area contributed by atoms with Gasteiger partial charge in [0, 0.05) is 35.1 Å². The second-order valence-corrected chi connectivity index (χ2v) is 4.59. The van der Waals surface area contributed by atoms with E-state index in [0.717, 1.165) is 28.0 Å². The van der Waals surface area contributed by atoms with Gasteiger partial charge in [-0.25, -0.2) is 0 Å². The molecule has 0 radical (unpaired) electrons. The van der Waals surface area contributed by atoms with Gasteiger partial charge in [-0.05, 0) is 37.1 Å². The first kappa shape index (κ1) is 12.0. The van der Waals surface area contributed by atoms with Crippen LogP contribution in [-0.2, 0) is 11.2 Å². The minimum Gasteiger partial charge on any atom is -0.358 e. The summed E-state index contributed by atoms with van der Waals surface area (Å²) in [6.07, 6.45) is 0.811. The van der Waals surface area contributed by atoms with Gasteiger partial charge in [0.05, 0.1) is 0 Å². The van der Waals surface area contributed by atoms with E-state index in [1.165, 1.54) is 12.5 Å². The molecular weight excluding hydrogens is 236 g/mol. The van der Waals surface area contributed by atoms with Crippen LogP contribution in [0.2, 0.25) is 5.02 Å². The number of rotatable bonds is 3. The molecule has 0 fully saturated rings. The summed E-state index contributed by atoms with van der Waals surface area (Å²) in [5, 5.41) is 4.68. The highest BCUT2D eigenvalue weighted by molar-refractivity contribution is 6.31. The molecule has 2 rings (SSSR count). The van der Waals surface area contributed by atoms with Crippen molar-refractivity contribution in [1.82, 2.24) is 10.3 Å². The van der Waals surface area contributed by atoms with Crippen molar-refractivity contribution in [3.8, 4) is 0 Å². The molecule has 90 valence electrons. The van der Waals surface area contributed by atoms with Crippen molar-refractivity contribution in [2.24, 2.45) is 0 Å². The molecule has 0 aliphatic rings. The van der Waals surface area contributed by atoms with Crippen LogP contribution in [0.15, 0.2) is 18.2 Å². The van der Waals surface area contributed by atoms with Crippen LogP contribution in [0.3, 0.4) is 0 Å². The first-order valence-corrected chi connectivity index (χ1v) is 5.97. The lowest BCUT2D eigenvalue weighted by Gasteiger charge is -2.03. The summed E-state index contributed by atoms with van der Waals surface area (Å²) in [5.74, 6) is 0.000488. The third-order valence-electron chi connectivity index (χ3n) is 2.83. The number of carbonyl (C=O) groups excluding carboxylic acids is 1. The van der Waals surface area contributed by atoms with Crippen molar-refractivity contribution in [2.45, 2.75) is 20.3 Å². The van der Waals surface area contributed by atoms with Crippen molar-refractivity contribution >= 4 is 28.4 Å². The Morgan fingerprint density at radius 2 is 2.24 bits per heavy atom. The zero-order valence-electron chi connectivity index (χ0n) is 9.93. The number of fused-ring (bicyclic) bond motifs is 1. The van der Waals surface area contributed by atoms with Crippen molar-refractivity contribution < 1.29 is 4.79 Å². The van der Waals surface area contributed by atoms with E-state index in [1.54, 1.807) is 0 Å². The second-order valence-electron chi connectivity index (χ2n) is 4.15. The van der Waals surface area contributed by atoms with Gasteiger partial charge in [-0.15, -0.1) is 0 Å². The smallest absolute Gasteiger partial charge is 0.216 e.